The summed E-state index contributed by atoms with van der Waals surface area (Å²) in [6.45, 7) is 2.15. The summed E-state index contributed by atoms with van der Waals surface area (Å²) in [4.78, 5) is 16.2. The van der Waals surface area contributed by atoms with Crippen LogP contribution in [0.1, 0.15) is 16.7 Å². The molecule has 1 amide bonds. The van der Waals surface area contributed by atoms with Gasteiger partial charge in [-0.1, -0.05) is 18.2 Å². The van der Waals surface area contributed by atoms with Gasteiger partial charge in [-0.05, 0) is 35.2 Å². The molecule has 1 aliphatic heterocycles. The molecule has 0 saturated carbocycles. The fourth-order valence-electron chi connectivity index (χ4n) is 2.75. The maximum atomic E-state index is 10.9. The molecular weight excluding hydrogens is 292 g/mol. The van der Waals surface area contributed by atoms with E-state index in [1.807, 2.05) is 18.2 Å². The largest absolute Gasteiger partial charge is 0.465 e. The zero-order valence-corrected chi connectivity index (χ0v) is 13.1. The minimum atomic E-state index is -0.907. The Morgan fingerprint density at radius 1 is 1.30 bits per heavy atom. The van der Waals surface area contributed by atoms with Crippen LogP contribution in [0.5, 0.6) is 0 Å². The number of nitrogens with one attached hydrogen (secondary N) is 1. The van der Waals surface area contributed by atoms with Crippen LogP contribution in [0.3, 0.4) is 0 Å². The minimum absolute atomic E-state index is 0.418. The third kappa shape index (κ3) is 3.78. The molecule has 23 heavy (non-hydrogen) atoms. The van der Waals surface area contributed by atoms with Gasteiger partial charge in [0.1, 0.15) is 0 Å². The van der Waals surface area contributed by atoms with Crippen molar-refractivity contribution in [1.82, 2.24) is 14.9 Å². The van der Waals surface area contributed by atoms with Crippen LogP contribution in [0.15, 0.2) is 42.7 Å². The van der Waals surface area contributed by atoms with Gasteiger partial charge in [0.25, 0.3) is 0 Å². The van der Waals surface area contributed by atoms with E-state index in [9.17, 15) is 4.79 Å². The second-order valence-electron chi connectivity index (χ2n) is 5.76. The van der Waals surface area contributed by atoms with Gasteiger partial charge in [-0.3, -0.25) is 4.98 Å². The van der Waals surface area contributed by atoms with Crippen molar-refractivity contribution in [2.45, 2.75) is 19.5 Å². The molecule has 1 aromatic carbocycles. The van der Waals surface area contributed by atoms with E-state index < -0.39 is 6.09 Å². The molecule has 0 bridgehead atoms. The van der Waals surface area contributed by atoms with Crippen LogP contribution in [-0.2, 0) is 19.5 Å². The summed E-state index contributed by atoms with van der Waals surface area (Å²) in [6.07, 6.45) is 3.57. The SMILES string of the molecule is CN(Cc1ccc2c(c1)CCN(Nc1ccncc1)C2)C(=O)O. The van der Waals surface area contributed by atoms with Crippen molar-refractivity contribution in [3.05, 3.63) is 59.4 Å². The third-order valence-electron chi connectivity index (χ3n) is 4.00. The van der Waals surface area contributed by atoms with Crippen molar-refractivity contribution in [2.75, 3.05) is 19.0 Å². The summed E-state index contributed by atoms with van der Waals surface area (Å²) < 4.78 is 0. The van der Waals surface area contributed by atoms with Crippen LogP contribution >= 0.6 is 0 Å². The number of aromatic nitrogens is 1. The lowest BCUT2D eigenvalue weighted by atomic mass is 9.98. The van der Waals surface area contributed by atoms with Crippen molar-refractivity contribution >= 4 is 11.8 Å². The number of amides is 1. The van der Waals surface area contributed by atoms with Crippen molar-refractivity contribution in [3.63, 3.8) is 0 Å². The van der Waals surface area contributed by atoms with E-state index in [2.05, 4.69) is 27.6 Å². The Hall–Kier alpha value is -2.60. The number of hydrogen-bond donors (Lipinski definition) is 2. The second kappa shape index (κ2) is 6.66. The normalized spacial score (nSPS) is 14.1. The zero-order chi connectivity index (χ0) is 16.2. The van der Waals surface area contributed by atoms with Crippen LogP contribution < -0.4 is 5.43 Å². The molecule has 1 aliphatic rings. The Balaban J connectivity index is 1.66. The Kier molecular flexibility index (Phi) is 4.43. The van der Waals surface area contributed by atoms with E-state index in [1.165, 1.54) is 16.0 Å². The predicted octanol–water partition coefficient (Wildman–Crippen LogP) is 2.58. The highest BCUT2D eigenvalue weighted by Crippen LogP contribution is 2.21. The summed E-state index contributed by atoms with van der Waals surface area (Å²) >= 11 is 0. The summed E-state index contributed by atoms with van der Waals surface area (Å²) in [5.74, 6) is 0. The van der Waals surface area contributed by atoms with E-state index in [-0.39, 0.29) is 0 Å². The van der Waals surface area contributed by atoms with Gasteiger partial charge in [-0.25, -0.2) is 9.80 Å². The molecular formula is C17H20N4O2. The number of pyridine rings is 1. The number of anilines is 1. The lowest BCUT2D eigenvalue weighted by molar-refractivity contribution is 0.153. The summed E-state index contributed by atoms with van der Waals surface area (Å²) in [6, 6.07) is 10.1. The van der Waals surface area contributed by atoms with E-state index in [4.69, 9.17) is 5.11 Å². The zero-order valence-electron chi connectivity index (χ0n) is 13.1. The molecule has 0 saturated heterocycles. The average molecular weight is 312 g/mol. The van der Waals surface area contributed by atoms with Gasteiger partial charge < -0.3 is 15.4 Å². The Morgan fingerprint density at radius 3 is 2.83 bits per heavy atom. The molecule has 120 valence electrons. The Bertz CT molecular complexity index is 690. The van der Waals surface area contributed by atoms with E-state index >= 15 is 0 Å². The van der Waals surface area contributed by atoms with Crippen LogP contribution in [0.25, 0.3) is 0 Å². The van der Waals surface area contributed by atoms with E-state index in [0.717, 1.165) is 30.8 Å². The smallest absolute Gasteiger partial charge is 0.407 e. The molecule has 3 rings (SSSR count). The van der Waals surface area contributed by atoms with Crippen LogP contribution in [0, 0.1) is 0 Å². The fraction of sp³-hybridized carbons (Fsp3) is 0.294. The number of rotatable bonds is 4. The Morgan fingerprint density at radius 2 is 2.09 bits per heavy atom. The topological polar surface area (TPSA) is 68.7 Å². The Labute approximate surface area is 135 Å². The van der Waals surface area contributed by atoms with Gasteiger partial charge in [-0.2, -0.15) is 0 Å². The molecule has 6 nitrogen and oxygen atoms in total. The first-order valence-electron chi connectivity index (χ1n) is 7.58. The number of nitrogens with zero attached hydrogens (tertiary/aromatic N) is 3. The summed E-state index contributed by atoms with van der Waals surface area (Å²) in [5.41, 5.74) is 8.03. The van der Waals surface area contributed by atoms with Crippen molar-refractivity contribution < 1.29 is 9.90 Å². The van der Waals surface area contributed by atoms with Crippen molar-refractivity contribution in [3.8, 4) is 0 Å². The number of carboxylic acid groups (broad SMARTS) is 1. The fourth-order valence-corrected chi connectivity index (χ4v) is 2.75. The van der Waals surface area contributed by atoms with Crippen LogP contribution in [0.2, 0.25) is 0 Å². The van der Waals surface area contributed by atoms with E-state index in [1.54, 1.807) is 19.4 Å². The van der Waals surface area contributed by atoms with Gasteiger partial charge in [-0.15, -0.1) is 0 Å². The van der Waals surface area contributed by atoms with Crippen molar-refractivity contribution in [2.24, 2.45) is 0 Å². The lowest BCUT2D eigenvalue weighted by Gasteiger charge is -2.30. The van der Waals surface area contributed by atoms with Gasteiger partial charge >= 0.3 is 6.09 Å². The molecule has 1 aromatic heterocycles. The maximum Gasteiger partial charge on any atom is 0.407 e. The number of benzene rings is 1. The summed E-state index contributed by atoms with van der Waals surface area (Å²) in [5, 5.41) is 11.1. The number of hydrazine groups is 1. The van der Waals surface area contributed by atoms with Gasteiger partial charge in [0.2, 0.25) is 0 Å². The molecule has 0 spiro atoms. The highest BCUT2D eigenvalue weighted by atomic mass is 16.4. The van der Waals surface area contributed by atoms with Gasteiger partial charge in [0.15, 0.2) is 0 Å². The number of carbonyl (C=O) groups is 1. The predicted molar refractivity (Wildman–Crippen MR) is 87.9 cm³/mol. The van der Waals surface area contributed by atoms with Gasteiger partial charge in [0, 0.05) is 39.1 Å². The molecule has 2 heterocycles. The van der Waals surface area contributed by atoms with E-state index in [0.29, 0.717) is 6.54 Å². The average Bonchev–Trinajstić information content (AvgIpc) is 2.56. The minimum Gasteiger partial charge on any atom is -0.465 e. The molecule has 2 N–H and O–H groups in total. The first-order chi connectivity index (χ1) is 11.1. The highest BCUT2D eigenvalue weighted by Gasteiger charge is 2.17. The third-order valence-corrected chi connectivity index (χ3v) is 4.00. The number of fused-ring (bicyclic) bond motifs is 1. The molecule has 0 fully saturated rings. The van der Waals surface area contributed by atoms with Gasteiger partial charge in [0.05, 0.1) is 5.69 Å². The molecule has 6 heteroatoms. The monoisotopic (exact) mass is 312 g/mol. The first-order valence-corrected chi connectivity index (χ1v) is 7.58. The maximum absolute atomic E-state index is 10.9. The molecule has 0 unspecified atom stereocenters. The molecule has 0 atom stereocenters. The summed E-state index contributed by atoms with van der Waals surface area (Å²) in [7, 11) is 1.59. The molecule has 0 radical (unpaired) electrons. The first kappa shape index (κ1) is 15.3. The molecule has 0 aliphatic carbocycles. The van der Waals surface area contributed by atoms with Crippen molar-refractivity contribution in [1.29, 1.82) is 0 Å². The quantitative estimate of drug-likeness (QED) is 0.908. The standard InChI is InChI=1S/C17H20N4O2/c1-20(17(22)23)11-13-2-3-15-12-21(9-6-14(15)10-13)19-16-4-7-18-8-5-16/h2-5,7-8,10H,6,9,11-12H2,1H3,(H,18,19)(H,22,23). The number of hydrogen-bond acceptors (Lipinski definition) is 4. The van der Waals surface area contributed by atoms with Crippen LogP contribution in [-0.4, -0.2) is 39.7 Å². The van der Waals surface area contributed by atoms with Crippen LogP contribution in [0.4, 0.5) is 10.5 Å². The molecule has 2 aromatic rings. The highest BCUT2D eigenvalue weighted by molar-refractivity contribution is 5.64. The second-order valence-corrected chi connectivity index (χ2v) is 5.76. The lowest BCUT2D eigenvalue weighted by Crippen LogP contribution is -2.35.